The van der Waals surface area contributed by atoms with Crippen LogP contribution in [0.4, 0.5) is 0 Å². The molecule has 1 aliphatic carbocycles. The first-order valence-electron chi connectivity index (χ1n) is 6.01. The van der Waals surface area contributed by atoms with E-state index in [2.05, 4.69) is 16.4 Å². The van der Waals surface area contributed by atoms with Crippen LogP contribution in [-0.4, -0.2) is 42.0 Å². The molecular weight excluding hydrogens is 172 g/mol. The first kappa shape index (κ1) is 10.0. The van der Waals surface area contributed by atoms with Gasteiger partial charge in [-0.2, -0.15) is 0 Å². The molecule has 1 saturated carbocycles. The van der Waals surface area contributed by atoms with E-state index in [1.54, 1.807) is 0 Å². The maximum Gasteiger partial charge on any atom is 0.0300 e. The van der Waals surface area contributed by atoms with Crippen LogP contribution in [0.25, 0.3) is 0 Å². The Hall–Kier alpha value is -0.500. The normalized spacial score (nSPS) is 26.4. The monoisotopic (exact) mass is 194 g/mol. The summed E-state index contributed by atoms with van der Waals surface area (Å²) in [4.78, 5) is 5.03. The van der Waals surface area contributed by atoms with Gasteiger partial charge in [0.05, 0.1) is 0 Å². The highest BCUT2D eigenvalue weighted by molar-refractivity contribution is 4.83. The van der Waals surface area contributed by atoms with Crippen LogP contribution >= 0.6 is 0 Å². The lowest BCUT2D eigenvalue weighted by Gasteiger charge is -2.40. The Morgan fingerprint density at radius 3 is 2.14 bits per heavy atom. The van der Waals surface area contributed by atoms with Gasteiger partial charge in [0, 0.05) is 32.2 Å². The minimum Gasteiger partial charge on any atom is -0.375 e. The fraction of sp³-hybridized carbons (Fsp3) is 0.833. The summed E-state index contributed by atoms with van der Waals surface area (Å²) in [6.07, 6.45) is 9.22. The maximum absolute atomic E-state index is 3.83. The molecule has 14 heavy (non-hydrogen) atoms. The molecule has 2 fully saturated rings. The van der Waals surface area contributed by atoms with Crippen molar-refractivity contribution in [3.8, 4) is 0 Å². The van der Waals surface area contributed by atoms with Gasteiger partial charge in [-0.05, 0) is 19.0 Å². The molecule has 1 heterocycles. The minimum absolute atomic E-state index is 0.899. The smallest absolute Gasteiger partial charge is 0.0300 e. The zero-order chi connectivity index (χ0) is 9.80. The topological polar surface area (TPSA) is 6.48 Å². The largest absolute Gasteiger partial charge is 0.375 e. The Morgan fingerprint density at radius 2 is 1.57 bits per heavy atom. The van der Waals surface area contributed by atoms with Crippen LogP contribution in [0.1, 0.15) is 32.1 Å². The number of hydrogen-bond donors (Lipinski definition) is 0. The molecule has 0 aromatic rings. The molecular formula is C12H22N2. The fourth-order valence-electron chi connectivity index (χ4n) is 2.73. The molecule has 0 aromatic heterocycles. The first-order valence-corrected chi connectivity index (χ1v) is 6.01. The molecule has 0 unspecified atom stereocenters. The minimum atomic E-state index is 0.899. The van der Waals surface area contributed by atoms with E-state index in [1.807, 2.05) is 6.20 Å². The van der Waals surface area contributed by atoms with E-state index < -0.39 is 0 Å². The quantitative estimate of drug-likeness (QED) is 0.664. The molecule has 80 valence electrons. The van der Waals surface area contributed by atoms with E-state index in [9.17, 15) is 0 Å². The van der Waals surface area contributed by atoms with Crippen molar-refractivity contribution in [2.75, 3.05) is 26.2 Å². The highest BCUT2D eigenvalue weighted by Crippen LogP contribution is 2.23. The van der Waals surface area contributed by atoms with Crippen LogP contribution in [0.2, 0.25) is 0 Å². The van der Waals surface area contributed by atoms with Crippen LogP contribution in [-0.2, 0) is 0 Å². The summed E-state index contributed by atoms with van der Waals surface area (Å²) >= 11 is 0. The van der Waals surface area contributed by atoms with Crippen LogP contribution in [0.15, 0.2) is 12.8 Å². The summed E-state index contributed by atoms with van der Waals surface area (Å²) in [6, 6.07) is 0.899. The lowest BCUT2D eigenvalue weighted by Crippen LogP contribution is -2.49. The van der Waals surface area contributed by atoms with Gasteiger partial charge in [-0.1, -0.05) is 25.8 Å². The van der Waals surface area contributed by atoms with Crippen molar-refractivity contribution >= 4 is 0 Å². The number of rotatable bonds is 2. The average molecular weight is 194 g/mol. The summed E-state index contributed by atoms with van der Waals surface area (Å²) in [5.41, 5.74) is 0. The van der Waals surface area contributed by atoms with Gasteiger partial charge in [0.2, 0.25) is 0 Å². The van der Waals surface area contributed by atoms with Crippen molar-refractivity contribution in [1.82, 2.24) is 9.80 Å². The fourth-order valence-corrected chi connectivity index (χ4v) is 2.73. The van der Waals surface area contributed by atoms with Gasteiger partial charge < -0.3 is 4.90 Å². The highest BCUT2D eigenvalue weighted by atomic mass is 15.3. The molecule has 2 nitrogen and oxygen atoms in total. The molecule has 0 atom stereocenters. The Kier molecular flexibility index (Phi) is 3.46. The predicted octanol–water partition coefficient (Wildman–Crippen LogP) is 2.08. The summed E-state index contributed by atoms with van der Waals surface area (Å²) in [5, 5.41) is 0. The molecule has 0 N–H and O–H groups in total. The Bertz CT molecular complexity index is 177. The molecule has 0 bridgehead atoms. The third-order valence-electron chi connectivity index (χ3n) is 3.70. The average Bonchev–Trinajstić information content (AvgIpc) is 2.30. The van der Waals surface area contributed by atoms with Crippen LogP contribution in [0.5, 0.6) is 0 Å². The SMILES string of the molecule is C=CN1CCN(C2CCCCC2)CC1. The second-order valence-electron chi connectivity index (χ2n) is 4.55. The Labute approximate surface area is 87.6 Å². The molecule has 2 aliphatic rings. The van der Waals surface area contributed by atoms with Crippen LogP contribution in [0, 0.1) is 0 Å². The summed E-state index contributed by atoms with van der Waals surface area (Å²) in [5.74, 6) is 0. The number of nitrogens with zero attached hydrogens (tertiary/aromatic N) is 2. The third kappa shape index (κ3) is 2.30. The third-order valence-corrected chi connectivity index (χ3v) is 3.70. The highest BCUT2D eigenvalue weighted by Gasteiger charge is 2.23. The molecule has 2 rings (SSSR count). The van der Waals surface area contributed by atoms with Crippen molar-refractivity contribution in [3.05, 3.63) is 12.8 Å². The Balaban J connectivity index is 1.78. The van der Waals surface area contributed by atoms with Crippen molar-refractivity contribution in [2.45, 2.75) is 38.1 Å². The van der Waals surface area contributed by atoms with Gasteiger partial charge >= 0.3 is 0 Å². The van der Waals surface area contributed by atoms with E-state index in [1.165, 1.54) is 58.3 Å². The van der Waals surface area contributed by atoms with Gasteiger partial charge in [0.25, 0.3) is 0 Å². The van der Waals surface area contributed by atoms with Crippen molar-refractivity contribution in [2.24, 2.45) is 0 Å². The second-order valence-corrected chi connectivity index (χ2v) is 4.55. The van der Waals surface area contributed by atoms with E-state index in [0.717, 1.165) is 6.04 Å². The van der Waals surface area contributed by atoms with E-state index in [-0.39, 0.29) is 0 Å². The lowest BCUT2D eigenvalue weighted by molar-refractivity contribution is 0.0997. The molecule has 0 aromatic carbocycles. The van der Waals surface area contributed by atoms with E-state index in [0.29, 0.717) is 0 Å². The first-order chi connectivity index (χ1) is 6.90. The molecule has 0 amide bonds. The zero-order valence-electron chi connectivity index (χ0n) is 9.12. The molecule has 1 saturated heterocycles. The zero-order valence-corrected chi connectivity index (χ0v) is 9.12. The number of hydrogen-bond acceptors (Lipinski definition) is 2. The van der Waals surface area contributed by atoms with Gasteiger partial charge in [0.1, 0.15) is 0 Å². The van der Waals surface area contributed by atoms with Crippen LogP contribution in [0.3, 0.4) is 0 Å². The summed E-state index contributed by atoms with van der Waals surface area (Å²) < 4.78 is 0. The Morgan fingerprint density at radius 1 is 0.929 bits per heavy atom. The molecule has 0 radical (unpaired) electrons. The summed E-state index contributed by atoms with van der Waals surface area (Å²) in [7, 11) is 0. The van der Waals surface area contributed by atoms with Crippen LogP contribution < -0.4 is 0 Å². The van der Waals surface area contributed by atoms with Crippen molar-refractivity contribution in [3.63, 3.8) is 0 Å². The van der Waals surface area contributed by atoms with Gasteiger partial charge in [-0.3, -0.25) is 4.90 Å². The molecule has 2 heteroatoms. The van der Waals surface area contributed by atoms with Gasteiger partial charge in [-0.25, -0.2) is 0 Å². The van der Waals surface area contributed by atoms with Crippen molar-refractivity contribution < 1.29 is 0 Å². The lowest BCUT2D eigenvalue weighted by atomic mass is 9.94. The maximum atomic E-state index is 3.83. The standard InChI is InChI=1S/C12H22N2/c1-2-13-8-10-14(11-9-13)12-6-4-3-5-7-12/h2,12H,1,3-11H2. The van der Waals surface area contributed by atoms with Crippen molar-refractivity contribution in [1.29, 1.82) is 0 Å². The predicted molar refractivity (Wildman–Crippen MR) is 60.2 cm³/mol. The molecule has 0 spiro atoms. The van der Waals surface area contributed by atoms with Gasteiger partial charge in [0.15, 0.2) is 0 Å². The molecule has 1 aliphatic heterocycles. The van der Waals surface area contributed by atoms with E-state index in [4.69, 9.17) is 0 Å². The second kappa shape index (κ2) is 4.83. The number of piperazine rings is 1. The van der Waals surface area contributed by atoms with Gasteiger partial charge in [-0.15, -0.1) is 0 Å². The summed E-state index contributed by atoms with van der Waals surface area (Å²) in [6.45, 7) is 8.68. The van der Waals surface area contributed by atoms with E-state index >= 15 is 0 Å².